The van der Waals surface area contributed by atoms with Gasteiger partial charge in [-0.05, 0) is 37.6 Å². The third-order valence-electron chi connectivity index (χ3n) is 3.14. The van der Waals surface area contributed by atoms with Gasteiger partial charge in [-0.2, -0.15) is 0 Å². The summed E-state index contributed by atoms with van der Waals surface area (Å²) in [6, 6.07) is 7.32. The van der Waals surface area contributed by atoms with Gasteiger partial charge in [0.15, 0.2) is 0 Å². The predicted molar refractivity (Wildman–Crippen MR) is 70.6 cm³/mol. The summed E-state index contributed by atoms with van der Waals surface area (Å²) in [5, 5.41) is 3.28. The molecule has 0 saturated carbocycles. The van der Waals surface area contributed by atoms with Gasteiger partial charge >= 0.3 is 0 Å². The SMILES string of the molecule is CC(N[C@H](C)c1ccncc1)c1ccc(F)cc1F. The molecule has 0 amide bonds. The van der Waals surface area contributed by atoms with E-state index in [1.165, 1.54) is 12.1 Å². The van der Waals surface area contributed by atoms with Crippen LogP contribution in [0.15, 0.2) is 42.7 Å². The highest BCUT2D eigenvalue weighted by Crippen LogP contribution is 2.21. The zero-order valence-electron chi connectivity index (χ0n) is 10.9. The monoisotopic (exact) mass is 262 g/mol. The molecular weight excluding hydrogens is 246 g/mol. The molecule has 0 aliphatic carbocycles. The van der Waals surface area contributed by atoms with Crippen LogP contribution < -0.4 is 5.32 Å². The van der Waals surface area contributed by atoms with Crippen LogP contribution in [0.2, 0.25) is 0 Å². The zero-order valence-corrected chi connectivity index (χ0v) is 10.9. The summed E-state index contributed by atoms with van der Waals surface area (Å²) in [5.74, 6) is -1.09. The molecule has 0 aliphatic rings. The summed E-state index contributed by atoms with van der Waals surface area (Å²) in [4.78, 5) is 3.96. The molecule has 2 atom stereocenters. The second-order valence-electron chi connectivity index (χ2n) is 4.56. The summed E-state index contributed by atoms with van der Waals surface area (Å²) in [6.45, 7) is 3.85. The average Bonchev–Trinajstić information content (AvgIpc) is 2.39. The molecule has 2 aromatic rings. The molecule has 0 radical (unpaired) electrons. The lowest BCUT2D eigenvalue weighted by Crippen LogP contribution is -2.23. The van der Waals surface area contributed by atoms with Crippen LogP contribution in [-0.2, 0) is 0 Å². The highest BCUT2D eigenvalue weighted by atomic mass is 19.1. The summed E-state index contributed by atoms with van der Waals surface area (Å²) in [5.41, 5.74) is 1.53. The Morgan fingerprint density at radius 1 is 1.00 bits per heavy atom. The molecule has 1 unspecified atom stereocenters. The Morgan fingerprint density at radius 3 is 2.32 bits per heavy atom. The van der Waals surface area contributed by atoms with Crippen molar-refractivity contribution in [2.24, 2.45) is 0 Å². The molecular formula is C15H16F2N2. The minimum absolute atomic E-state index is 0.0578. The van der Waals surface area contributed by atoms with Crippen molar-refractivity contribution < 1.29 is 8.78 Å². The number of hydrogen-bond acceptors (Lipinski definition) is 2. The summed E-state index contributed by atoms with van der Waals surface area (Å²) < 4.78 is 26.5. The van der Waals surface area contributed by atoms with Crippen LogP contribution in [0, 0.1) is 11.6 Å². The molecule has 0 fully saturated rings. The molecule has 19 heavy (non-hydrogen) atoms. The van der Waals surface area contributed by atoms with Gasteiger partial charge in [0.1, 0.15) is 11.6 Å². The number of hydrogen-bond donors (Lipinski definition) is 1. The highest BCUT2D eigenvalue weighted by molar-refractivity contribution is 5.23. The van der Waals surface area contributed by atoms with Crippen molar-refractivity contribution in [2.45, 2.75) is 25.9 Å². The molecule has 0 bridgehead atoms. The summed E-state index contributed by atoms with van der Waals surface area (Å²) >= 11 is 0. The van der Waals surface area contributed by atoms with Gasteiger partial charge in [-0.1, -0.05) is 6.07 Å². The van der Waals surface area contributed by atoms with Gasteiger partial charge in [-0.3, -0.25) is 4.98 Å². The van der Waals surface area contributed by atoms with Gasteiger partial charge in [-0.25, -0.2) is 8.78 Å². The zero-order chi connectivity index (χ0) is 13.8. The maximum absolute atomic E-state index is 13.7. The standard InChI is InChI=1S/C15H16F2N2/c1-10(12-5-7-18-8-6-12)19-11(2)14-4-3-13(16)9-15(14)17/h3-11,19H,1-2H3/t10-,11?/m1/s1. The predicted octanol–water partition coefficient (Wildman–Crippen LogP) is 3.77. The van der Waals surface area contributed by atoms with Crippen molar-refractivity contribution in [3.05, 3.63) is 65.5 Å². The maximum Gasteiger partial charge on any atom is 0.130 e. The molecule has 2 rings (SSSR count). The fourth-order valence-corrected chi connectivity index (χ4v) is 2.07. The molecule has 1 aromatic heterocycles. The number of nitrogens with one attached hydrogen (secondary N) is 1. The highest BCUT2D eigenvalue weighted by Gasteiger charge is 2.14. The van der Waals surface area contributed by atoms with Gasteiger partial charge in [0.25, 0.3) is 0 Å². The van der Waals surface area contributed by atoms with Gasteiger partial charge in [0.2, 0.25) is 0 Å². The van der Waals surface area contributed by atoms with Crippen molar-refractivity contribution in [3.8, 4) is 0 Å². The Bertz CT molecular complexity index is 543. The lowest BCUT2D eigenvalue weighted by atomic mass is 10.0. The van der Waals surface area contributed by atoms with Crippen molar-refractivity contribution >= 4 is 0 Å². The second-order valence-corrected chi connectivity index (χ2v) is 4.56. The fourth-order valence-electron chi connectivity index (χ4n) is 2.07. The van der Waals surface area contributed by atoms with Crippen LogP contribution in [0.1, 0.15) is 37.1 Å². The Labute approximate surface area is 111 Å². The van der Waals surface area contributed by atoms with Crippen molar-refractivity contribution in [1.82, 2.24) is 10.3 Å². The van der Waals surface area contributed by atoms with Crippen LogP contribution in [0.3, 0.4) is 0 Å². The Morgan fingerprint density at radius 2 is 1.68 bits per heavy atom. The molecule has 2 nitrogen and oxygen atoms in total. The van der Waals surface area contributed by atoms with E-state index < -0.39 is 11.6 Å². The summed E-state index contributed by atoms with van der Waals surface area (Å²) in [6.07, 6.45) is 3.44. The minimum atomic E-state index is -0.560. The van der Waals surface area contributed by atoms with E-state index in [9.17, 15) is 8.78 Å². The first-order chi connectivity index (χ1) is 9.08. The first-order valence-electron chi connectivity index (χ1n) is 6.19. The third-order valence-corrected chi connectivity index (χ3v) is 3.14. The van der Waals surface area contributed by atoms with Gasteiger partial charge in [-0.15, -0.1) is 0 Å². The van der Waals surface area contributed by atoms with Gasteiger partial charge < -0.3 is 5.32 Å². The largest absolute Gasteiger partial charge is 0.304 e. The molecule has 100 valence electrons. The van der Waals surface area contributed by atoms with E-state index in [2.05, 4.69) is 10.3 Å². The smallest absolute Gasteiger partial charge is 0.130 e. The minimum Gasteiger partial charge on any atom is -0.304 e. The average molecular weight is 262 g/mol. The van der Waals surface area contributed by atoms with E-state index in [4.69, 9.17) is 0 Å². The normalized spacial score (nSPS) is 14.1. The third kappa shape index (κ3) is 3.35. The van der Waals surface area contributed by atoms with Crippen LogP contribution in [0.25, 0.3) is 0 Å². The molecule has 0 spiro atoms. The van der Waals surface area contributed by atoms with Crippen LogP contribution in [0.4, 0.5) is 8.78 Å². The molecule has 1 heterocycles. The van der Waals surface area contributed by atoms with Crippen LogP contribution in [0.5, 0.6) is 0 Å². The number of benzene rings is 1. The second kappa shape index (κ2) is 5.89. The van der Waals surface area contributed by atoms with E-state index in [-0.39, 0.29) is 12.1 Å². The Kier molecular flexibility index (Phi) is 4.22. The number of halogens is 2. The summed E-state index contributed by atoms with van der Waals surface area (Å²) in [7, 11) is 0. The molecule has 1 N–H and O–H groups in total. The van der Waals surface area contributed by atoms with Crippen molar-refractivity contribution in [1.29, 1.82) is 0 Å². The quantitative estimate of drug-likeness (QED) is 0.907. The van der Waals surface area contributed by atoms with Crippen LogP contribution in [-0.4, -0.2) is 4.98 Å². The number of aromatic nitrogens is 1. The van der Waals surface area contributed by atoms with E-state index in [0.29, 0.717) is 5.56 Å². The lowest BCUT2D eigenvalue weighted by molar-refractivity contribution is 0.470. The molecule has 1 aromatic carbocycles. The Hall–Kier alpha value is -1.81. The molecule has 0 aliphatic heterocycles. The first-order valence-corrected chi connectivity index (χ1v) is 6.19. The topological polar surface area (TPSA) is 24.9 Å². The first kappa shape index (κ1) is 13.6. The maximum atomic E-state index is 13.7. The van der Waals surface area contributed by atoms with E-state index >= 15 is 0 Å². The van der Waals surface area contributed by atoms with Gasteiger partial charge in [0.05, 0.1) is 0 Å². The van der Waals surface area contributed by atoms with E-state index in [1.54, 1.807) is 12.4 Å². The van der Waals surface area contributed by atoms with Crippen molar-refractivity contribution in [3.63, 3.8) is 0 Å². The molecule has 0 saturated heterocycles. The van der Waals surface area contributed by atoms with E-state index in [0.717, 1.165) is 11.6 Å². The number of rotatable bonds is 4. The van der Waals surface area contributed by atoms with Crippen LogP contribution >= 0.6 is 0 Å². The van der Waals surface area contributed by atoms with E-state index in [1.807, 2.05) is 26.0 Å². The Balaban J connectivity index is 2.10. The molecule has 4 heteroatoms. The van der Waals surface area contributed by atoms with Crippen molar-refractivity contribution in [2.75, 3.05) is 0 Å². The number of pyridine rings is 1. The number of nitrogens with zero attached hydrogens (tertiary/aromatic N) is 1. The lowest BCUT2D eigenvalue weighted by Gasteiger charge is -2.21. The van der Waals surface area contributed by atoms with Gasteiger partial charge in [0, 0.05) is 36.1 Å². The fraction of sp³-hybridized carbons (Fsp3) is 0.267.